The quantitative estimate of drug-likeness (QED) is 0.321. The van der Waals surface area contributed by atoms with E-state index in [1.54, 1.807) is 0 Å². The molecular weight excluding hydrogens is 386 g/mol. The summed E-state index contributed by atoms with van der Waals surface area (Å²) in [5.74, 6) is 0.0523. The first-order chi connectivity index (χ1) is 14.6. The highest BCUT2D eigenvalue weighted by Gasteiger charge is 2.16. The molecule has 0 bridgehead atoms. The van der Waals surface area contributed by atoms with E-state index >= 15 is 0 Å². The SMILES string of the molecule is O=C(CC(=O)N(CCO)CCO)NCCCOc1cccc(CN2CCCCC2)c1. The van der Waals surface area contributed by atoms with Gasteiger partial charge in [0.1, 0.15) is 12.2 Å². The molecule has 0 saturated carbocycles. The van der Waals surface area contributed by atoms with E-state index in [0.29, 0.717) is 19.6 Å². The van der Waals surface area contributed by atoms with Crippen LogP contribution >= 0.6 is 0 Å². The number of hydrogen-bond acceptors (Lipinski definition) is 6. The Morgan fingerprint density at radius 2 is 1.83 bits per heavy atom. The Balaban J connectivity index is 1.63. The fraction of sp³-hybridized carbons (Fsp3) is 0.636. The summed E-state index contributed by atoms with van der Waals surface area (Å²) in [6.07, 6.45) is 4.21. The molecular formula is C22H35N3O5. The van der Waals surface area contributed by atoms with Crippen molar-refractivity contribution >= 4 is 11.8 Å². The zero-order valence-corrected chi connectivity index (χ0v) is 17.7. The van der Waals surface area contributed by atoms with Crippen molar-refractivity contribution in [1.82, 2.24) is 15.1 Å². The number of benzene rings is 1. The molecule has 0 atom stereocenters. The molecule has 0 aliphatic carbocycles. The molecule has 30 heavy (non-hydrogen) atoms. The number of carbonyl (C=O) groups excluding carboxylic acids is 2. The van der Waals surface area contributed by atoms with Crippen LogP contribution in [0.3, 0.4) is 0 Å². The third-order valence-corrected chi connectivity index (χ3v) is 5.07. The van der Waals surface area contributed by atoms with Gasteiger partial charge in [0, 0.05) is 26.2 Å². The number of hydrogen-bond donors (Lipinski definition) is 3. The molecule has 2 rings (SSSR count). The molecule has 1 aliphatic heterocycles. The van der Waals surface area contributed by atoms with Crippen LogP contribution in [0.15, 0.2) is 24.3 Å². The van der Waals surface area contributed by atoms with Gasteiger partial charge < -0.3 is 25.2 Å². The molecule has 8 nitrogen and oxygen atoms in total. The second-order valence-corrected chi connectivity index (χ2v) is 7.54. The van der Waals surface area contributed by atoms with Crippen LogP contribution in [0.5, 0.6) is 5.75 Å². The summed E-state index contributed by atoms with van der Waals surface area (Å²) in [6.45, 7) is 3.96. The van der Waals surface area contributed by atoms with Crippen LogP contribution in [0.1, 0.15) is 37.7 Å². The predicted molar refractivity (Wildman–Crippen MR) is 114 cm³/mol. The second kappa shape index (κ2) is 14.0. The average Bonchev–Trinajstić information content (AvgIpc) is 2.74. The summed E-state index contributed by atoms with van der Waals surface area (Å²) in [7, 11) is 0. The Hall–Kier alpha value is -2.16. The second-order valence-electron chi connectivity index (χ2n) is 7.54. The van der Waals surface area contributed by atoms with Gasteiger partial charge in [-0.2, -0.15) is 0 Å². The van der Waals surface area contributed by atoms with Gasteiger partial charge in [0.15, 0.2) is 0 Å². The first-order valence-corrected chi connectivity index (χ1v) is 10.8. The molecule has 2 amide bonds. The molecule has 8 heteroatoms. The first-order valence-electron chi connectivity index (χ1n) is 10.8. The molecule has 1 aromatic carbocycles. The molecule has 0 spiro atoms. The van der Waals surface area contributed by atoms with Crippen molar-refractivity contribution in [3.8, 4) is 5.75 Å². The number of aliphatic hydroxyl groups excluding tert-OH is 2. The third kappa shape index (κ3) is 9.11. The number of aliphatic hydroxyl groups is 2. The minimum Gasteiger partial charge on any atom is -0.494 e. The molecule has 1 saturated heterocycles. The number of nitrogens with zero attached hydrogens (tertiary/aromatic N) is 2. The Bertz CT molecular complexity index is 643. The Morgan fingerprint density at radius 3 is 2.53 bits per heavy atom. The van der Waals surface area contributed by atoms with Crippen LogP contribution in [0, 0.1) is 0 Å². The van der Waals surface area contributed by atoms with E-state index in [4.69, 9.17) is 14.9 Å². The lowest BCUT2D eigenvalue weighted by Gasteiger charge is -2.26. The molecule has 1 fully saturated rings. The number of likely N-dealkylation sites (tertiary alicyclic amines) is 1. The van der Waals surface area contributed by atoms with E-state index in [0.717, 1.165) is 25.4 Å². The summed E-state index contributed by atoms with van der Waals surface area (Å²) in [4.78, 5) is 27.7. The van der Waals surface area contributed by atoms with E-state index < -0.39 is 5.91 Å². The van der Waals surface area contributed by atoms with E-state index in [9.17, 15) is 9.59 Å². The molecule has 3 N–H and O–H groups in total. The van der Waals surface area contributed by atoms with Gasteiger partial charge in [0.25, 0.3) is 0 Å². The van der Waals surface area contributed by atoms with Crippen LogP contribution in [0.25, 0.3) is 0 Å². The normalized spacial score (nSPS) is 14.3. The summed E-state index contributed by atoms with van der Waals surface area (Å²) in [6, 6.07) is 8.14. The van der Waals surface area contributed by atoms with Crippen molar-refractivity contribution in [1.29, 1.82) is 0 Å². The van der Waals surface area contributed by atoms with Gasteiger partial charge in [-0.25, -0.2) is 0 Å². The van der Waals surface area contributed by atoms with Crippen LogP contribution in [-0.2, 0) is 16.1 Å². The van der Waals surface area contributed by atoms with Gasteiger partial charge in [0.2, 0.25) is 11.8 Å². The van der Waals surface area contributed by atoms with Gasteiger partial charge in [0.05, 0.1) is 19.8 Å². The minimum atomic E-state index is -0.405. The average molecular weight is 422 g/mol. The van der Waals surface area contributed by atoms with Crippen molar-refractivity contribution in [2.45, 2.75) is 38.6 Å². The summed E-state index contributed by atoms with van der Waals surface area (Å²) >= 11 is 0. The van der Waals surface area contributed by atoms with Gasteiger partial charge in [-0.1, -0.05) is 18.6 Å². The van der Waals surface area contributed by atoms with E-state index in [-0.39, 0.29) is 38.6 Å². The number of piperidine rings is 1. The largest absolute Gasteiger partial charge is 0.494 e. The standard InChI is InChI=1S/C22H35N3O5/c26-13-11-25(12-14-27)22(29)17-21(28)23-8-5-15-30-20-7-4-6-19(16-20)18-24-9-2-1-3-10-24/h4,6-7,16,26-27H,1-3,5,8-15,17-18H2,(H,23,28). The number of carbonyl (C=O) groups is 2. The van der Waals surface area contributed by atoms with Crippen LogP contribution in [0.2, 0.25) is 0 Å². The fourth-order valence-corrected chi connectivity index (χ4v) is 3.51. The van der Waals surface area contributed by atoms with Crippen LogP contribution in [0.4, 0.5) is 0 Å². The molecule has 0 radical (unpaired) electrons. The monoisotopic (exact) mass is 421 g/mol. The number of ether oxygens (including phenoxy) is 1. The highest BCUT2D eigenvalue weighted by atomic mass is 16.5. The highest BCUT2D eigenvalue weighted by molar-refractivity contribution is 5.96. The topological polar surface area (TPSA) is 102 Å². The lowest BCUT2D eigenvalue weighted by atomic mass is 10.1. The van der Waals surface area contributed by atoms with Crippen LogP contribution in [-0.4, -0.2) is 84.4 Å². The smallest absolute Gasteiger partial charge is 0.232 e. The zero-order valence-electron chi connectivity index (χ0n) is 17.7. The van der Waals surface area contributed by atoms with Crippen molar-refractivity contribution in [3.63, 3.8) is 0 Å². The van der Waals surface area contributed by atoms with Crippen molar-refractivity contribution in [2.24, 2.45) is 0 Å². The van der Waals surface area contributed by atoms with Gasteiger partial charge in [-0.05, 0) is 50.0 Å². The highest BCUT2D eigenvalue weighted by Crippen LogP contribution is 2.17. The van der Waals surface area contributed by atoms with Crippen molar-refractivity contribution < 1.29 is 24.5 Å². The maximum atomic E-state index is 12.0. The molecule has 1 aromatic rings. The minimum absolute atomic E-state index is 0.108. The van der Waals surface area contributed by atoms with Gasteiger partial charge >= 0.3 is 0 Å². The van der Waals surface area contributed by atoms with Crippen molar-refractivity contribution in [2.75, 3.05) is 52.5 Å². The number of amides is 2. The molecule has 168 valence electrons. The number of nitrogens with one attached hydrogen (secondary N) is 1. The molecule has 1 aliphatic rings. The maximum absolute atomic E-state index is 12.0. The van der Waals surface area contributed by atoms with Crippen molar-refractivity contribution in [3.05, 3.63) is 29.8 Å². The predicted octanol–water partition coefficient (Wildman–Crippen LogP) is 0.761. The zero-order chi connectivity index (χ0) is 21.6. The summed E-state index contributed by atoms with van der Waals surface area (Å²) < 4.78 is 5.80. The van der Waals surface area contributed by atoms with E-state index in [2.05, 4.69) is 22.3 Å². The first kappa shape index (κ1) is 24.1. The molecule has 0 aromatic heterocycles. The molecule has 1 heterocycles. The Kier molecular flexibility index (Phi) is 11.2. The Morgan fingerprint density at radius 1 is 1.10 bits per heavy atom. The molecule has 0 unspecified atom stereocenters. The third-order valence-electron chi connectivity index (χ3n) is 5.07. The summed E-state index contributed by atoms with van der Waals surface area (Å²) in [5.41, 5.74) is 1.25. The van der Waals surface area contributed by atoms with E-state index in [1.807, 2.05) is 12.1 Å². The van der Waals surface area contributed by atoms with Crippen LogP contribution < -0.4 is 10.1 Å². The fourth-order valence-electron chi connectivity index (χ4n) is 3.51. The Labute approximate surface area is 178 Å². The number of rotatable bonds is 13. The van der Waals surface area contributed by atoms with Gasteiger partial charge in [-0.15, -0.1) is 0 Å². The van der Waals surface area contributed by atoms with E-state index in [1.165, 1.54) is 29.7 Å². The lowest BCUT2D eigenvalue weighted by Crippen LogP contribution is -2.39. The summed E-state index contributed by atoms with van der Waals surface area (Å²) in [5, 5.41) is 20.6. The lowest BCUT2D eigenvalue weighted by molar-refractivity contribution is -0.136. The van der Waals surface area contributed by atoms with Gasteiger partial charge in [-0.3, -0.25) is 14.5 Å². The maximum Gasteiger partial charge on any atom is 0.232 e.